The zero-order valence-corrected chi connectivity index (χ0v) is 16.1. The Balaban J connectivity index is 1.56. The standard InChI is InChI=1S/C22H28FN3O/c1-17(19-7-4-3-5-8-19)24-22(27)18(2)25-13-6-14-26(16-15-25)21-11-9-20(23)10-12-21/h3-5,7-12,17-18H,6,13-16H2,1-2H3,(H,24,27). The van der Waals surface area contributed by atoms with Crippen molar-refractivity contribution in [3.05, 3.63) is 66.0 Å². The van der Waals surface area contributed by atoms with Crippen LogP contribution in [-0.4, -0.2) is 43.0 Å². The first-order valence-corrected chi connectivity index (χ1v) is 9.64. The van der Waals surface area contributed by atoms with Crippen molar-refractivity contribution in [1.82, 2.24) is 10.2 Å². The van der Waals surface area contributed by atoms with Crippen LogP contribution in [0.25, 0.3) is 0 Å². The van der Waals surface area contributed by atoms with Gasteiger partial charge in [0.2, 0.25) is 5.91 Å². The number of carbonyl (C=O) groups excluding carboxylic acids is 1. The van der Waals surface area contributed by atoms with Gasteiger partial charge in [-0.05, 0) is 50.1 Å². The van der Waals surface area contributed by atoms with Gasteiger partial charge in [0.05, 0.1) is 12.1 Å². The topological polar surface area (TPSA) is 35.6 Å². The third-order valence-electron chi connectivity index (χ3n) is 5.31. The lowest BCUT2D eigenvalue weighted by Crippen LogP contribution is -2.47. The van der Waals surface area contributed by atoms with Gasteiger partial charge in [0.25, 0.3) is 0 Å². The highest BCUT2D eigenvalue weighted by atomic mass is 19.1. The molecule has 0 bridgehead atoms. The fraction of sp³-hybridized carbons (Fsp3) is 0.409. The van der Waals surface area contributed by atoms with Crippen molar-refractivity contribution in [3.63, 3.8) is 0 Å². The monoisotopic (exact) mass is 369 g/mol. The molecule has 1 fully saturated rings. The second-order valence-electron chi connectivity index (χ2n) is 7.17. The van der Waals surface area contributed by atoms with E-state index in [1.807, 2.05) is 56.3 Å². The maximum Gasteiger partial charge on any atom is 0.237 e. The minimum absolute atomic E-state index is 0.0103. The Hall–Kier alpha value is -2.40. The number of halogens is 1. The molecule has 1 amide bonds. The van der Waals surface area contributed by atoms with Crippen molar-refractivity contribution in [2.45, 2.75) is 32.4 Å². The average molecular weight is 369 g/mol. The van der Waals surface area contributed by atoms with Gasteiger partial charge in [0.1, 0.15) is 5.82 Å². The zero-order valence-electron chi connectivity index (χ0n) is 16.1. The largest absolute Gasteiger partial charge is 0.370 e. The van der Waals surface area contributed by atoms with Gasteiger partial charge in [-0.15, -0.1) is 0 Å². The summed E-state index contributed by atoms with van der Waals surface area (Å²) in [7, 11) is 0. The van der Waals surface area contributed by atoms with E-state index in [-0.39, 0.29) is 23.8 Å². The molecular weight excluding hydrogens is 341 g/mol. The lowest BCUT2D eigenvalue weighted by atomic mass is 10.1. The zero-order chi connectivity index (χ0) is 19.2. The van der Waals surface area contributed by atoms with Crippen LogP contribution in [0.2, 0.25) is 0 Å². The molecule has 0 aliphatic carbocycles. The van der Waals surface area contributed by atoms with Crippen molar-refractivity contribution in [2.75, 3.05) is 31.1 Å². The minimum atomic E-state index is -0.215. The number of carbonyl (C=O) groups is 1. The SMILES string of the molecule is CC(NC(=O)C(C)N1CCCN(c2ccc(F)cc2)CC1)c1ccccc1. The smallest absolute Gasteiger partial charge is 0.237 e. The molecule has 0 saturated carbocycles. The molecule has 0 aromatic heterocycles. The molecule has 1 aliphatic heterocycles. The molecule has 144 valence electrons. The molecule has 5 heteroatoms. The Bertz CT molecular complexity index is 735. The number of nitrogens with one attached hydrogen (secondary N) is 1. The van der Waals surface area contributed by atoms with Crippen molar-refractivity contribution >= 4 is 11.6 Å². The van der Waals surface area contributed by atoms with Gasteiger partial charge in [-0.25, -0.2) is 4.39 Å². The van der Waals surface area contributed by atoms with Crippen LogP contribution in [0.4, 0.5) is 10.1 Å². The molecule has 2 aromatic rings. The van der Waals surface area contributed by atoms with Crippen LogP contribution in [0.1, 0.15) is 31.9 Å². The predicted octanol–water partition coefficient (Wildman–Crippen LogP) is 3.60. The van der Waals surface area contributed by atoms with Gasteiger partial charge in [-0.2, -0.15) is 0 Å². The highest BCUT2D eigenvalue weighted by Crippen LogP contribution is 2.18. The van der Waals surface area contributed by atoms with Crippen LogP contribution in [0.5, 0.6) is 0 Å². The van der Waals surface area contributed by atoms with Crippen molar-refractivity contribution in [1.29, 1.82) is 0 Å². The Morgan fingerprint density at radius 1 is 0.963 bits per heavy atom. The van der Waals surface area contributed by atoms with Gasteiger partial charge in [-0.3, -0.25) is 9.69 Å². The highest BCUT2D eigenvalue weighted by Gasteiger charge is 2.25. The Labute approximate surface area is 161 Å². The van der Waals surface area contributed by atoms with Crippen LogP contribution < -0.4 is 10.2 Å². The second kappa shape index (κ2) is 9.00. The van der Waals surface area contributed by atoms with Crippen LogP contribution in [0, 0.1) is 5.82 Å². The molecule has 2 atom stereocenters. The molecule has 0 radical (unpaired) electrons. The third-order valence-corrected chi connectivity index (χ3v) is 5.31. The first-order chi connectivity index (χ1) is 13.0. The third kappa shape index (κ3) is 5.07. The summed E-state index contributed by atoms with van der Waals surface area (Å²) in [5, 5.41) is 3.13. The van der Waals surface area contributed by atoms with Crippen molar-refractivity contribution in [3.8, 4) is 0 Å². The van der Waals surface area contributed by atoms with E-state index in [9.17, 15) is 9.18 Å². The number of hydrogen-bond acceptors (Lipinski definition) is 3. The maximum atomic E-state index is 13.1. The summed E-state index contributed by atoms with van der Waals surface area (Å²) in [6.45, 7) is 7.42. The van der Waals surface area contributed by atoms with E-state index in [0.717, 1.165) is 43.9 Å². The molecule has 2 unspecified atom stereocenters. The summed E-state index contributed by atoms with van der Waals surface area (Å²) in [4.78, 5) is 17.2. The average Bonchev–Trinajstić information content (AvgIpc) is 2.95. The van der Waals surface area contributed by atoms with Gasteiger partial charge < -0.3 is 10.2 Å². The van der Waals surface area contributed by atoms with Crippen LogP contribution in [0.15, 0.2) is 54.6 Å². The number of hydrogen-bond donors (Lipinski definition) is 1. The van der Waals surface area contributed by atoms with Gasteiger partial charge in [-0.1, -0.05) is 30.3 Å². The number of rotatable bonds is 5. The van der Waals surface area contributed by atoms with Crippen LogP contribution >= 0.6 is 0 Å². The predicted molar refractivity (Wildman–Crippen MR) is 107 cm³/mol. The van der Waals surface area contributed by atoms with Gasteiger partial charge in [0, 0.05) is 31.9 Å². The highest BCUT2D eigenvalue weighted by molar-refractivity contribution is 5.81. The van der Waals surface area contributed by atoms with Gasteiger partial charge in [0.15, 0.2) is 0 Å². The second-order valence-corrected chi connectivity index (χ2v) is 7.17. The molecule has 2 aromatic carbocycles. The fourth-order valence-corrected chi connectivity index (χ4v) is 3.56. The minimum Gasteiger partial charge on any atom is -0.370 e. The van der Waals surface area contributed by atoms with E-state index in [1.54, 1.807) is 0 Å². The van der Waals surface area contributed by atoms with E-state index in [1.165, 1.54) is 12.1 Å². The first kappa shape index (κ1) is 19.4. The summed E-state index contributed by atoms with van der Waals surface area (Å²) in [6.07, 6.45) is 0.975. The van der Waals surface area contributed by atoms with E-state index in [4.69, 9.17) is 0 Å². The summed E-state index contributed by atoms with van der Waals surface area (Å²) < 4.78 is 13.1. The normalized spacial score (nSPS) is 17.8. The van der Waals surface area contributed by atoms with Crippen molar-refractivity contribution < 1.29 is 9.18 Å². The fourth-order valence-electron chi connectivity index (χ4n) is 3.56. The van der Waals surface area contributed by atoms with E-state index in [0.29, 0.717) is 0 Å². The first-order valence-electron chi connectivity index (χ1n) is 9.64. The summed E-state index contributed by atoms with van der Waals surface area (Å²) in [5.74, 6) is -0.158. The Morgan fingerprint density at radius 3 is 2.37 bits per heavy atom. The van der Waals surface area contributed by atoms with Crippen LogP contribution in [0.3, 0.4) is 0 Å². The molecule has 1 N–H and O–H groups in total. The molecule has 3 rings (SSSR count). The summed E-state index contributed by atoms with van der Waals surface area (Å²) in [6, 6.07) is 16.5. The number of anilines is 1. The Morgan fingerprint density at radius 2 is 1.67 bits per heavy atom. The summed E-state index contributed by atoms with van der Waals surface area (Å²) >= 11 is 0. The van der Waals surface area contributed by atoms with E-state index in [2.05, 4.69) is 15.1 Å². The number of nitrogens with zero attached hydrogens (tertiary/aromatic N) is 2. The van der Waals surface area contributed by atoms with Crippen molar-refractivity contribution in [2.24, 2.45) is 0 Å². The molecule has 4 nitrogen and oxygen atoms in total. The van der Waals surface area contributed by atoms with E-state index < -0.39 is 0 Å². The number of amides is 1. The lowest BCUT2D eigenvalue weighted by molar-refractivity contribution is -0.126. The van der Waals surface area contributed by atoms with E-state index >= 15 is 0 Å². The molecular formula is C22H28FN3O. The molecule has 1 aliphatic rings. The molecule has 1 saturated heterocycles. The number of benzene rings is 2. The Kier molecular flexibility index (Phi) is 6.45. The van der Waals surface area contributed by atoms with Gasteiger partial charge >= 0.3 is 0 Å². The maximum absolute atomic E-state index is 13.1. The van der Waals surface area contributed by atoms with Crippen LogP contribution in [-0.2, 0) is 4.79 Å². The molecule has 27 heavy (non-hydrogen) atoms. The quantitative estimate of drug-likeness (QED) is 0.875. The molecule has 0 spiro atoms. The molecule has 1 heterocycles. The lowest BCUT2D eigenvalue weighted by Gasteiger charge is -2.28. The summed E-state index contributed by atoms with van der Waals surface area (Å²) in [5.41, 5.74) is 2.14.